The van der Waals surface area contributed by atoms with Crippen molar-refractivity contribution < 1.29 is 4.79 Å². The molecule has 1 aliphatic heterocycles. The first-order valence-electron chi connectivity index (χ1n) is 8.09. The molecule has 0 aromatic rings. The molecule has 0 aromatic heterocycles. The Morgan fingerprint density at radius 2 is 2.00 bits per heavy atom. The number of piperidine rings is 1. The van der Waals surface area contributed by atoms with Gasteiger partial charge in [0.05, 0.1) is 0 Å². The van der Waals surface area contributed by atoms with E-state index in [1.165, 1.54) is 44.9 Å². The van der Waals surface area contributed by atoms with Crippen LogP contribution in [0, 0.1) is 11.3 Å². The van der Waals surface area contributed by atoms with E-state index in [2.05, 4.69) is 24.5 Å². The van der Waals surface area contributed by atoms with Crippen LogP contribution in [0.25, 0.3) is 0 Å². The van der Waals surface area contributed by atoms with E-state index >= 15 is 0 Å². The van der Waals surface area contributed by atoms with Gasteiger partial charge in [-0.3, -0.25) is 4.79 Å². The lowest BCUT2D eigenvalue weighted by Gasteiger charge is -2.34. The van der Waals surface area contributed by atoms with Gasteiger partial charge in [-0.25, -0.2) is 0 Å². The van der Waals surface area contributed by atoms with E-state index in [-0.39, 0.29) is 5.91 Å². The summed E-state index contributed by atoms with van der Waals surface area (Å²) in [5, 5.41) is 6.67. The summed E-state index contributed by atoms with van der Waals surface area (Å²) in [5.74, 6) is 0.864. The van der Waals surface area contributed by atoms with Crippen molar-refractivity contribution in [3.63, 3.8) is 0 Å². The molecular weight excluding hydrogens is 236 g/mol. The summed E-state index contributed by atoms with van der Waals surface area (Å²) in [6.07, 6.45) is 9.71. The van der Waals surface area contributed by atoms with Crippen LogP contribution in [0.3, 0.4) is 0 Å². The Labute approximate surface area is 117 Å². The first-order valence-corrected chi connectivity index (χ1v) is 8.09. The zero-order valence-electron chi connectivity index (χ0n) is 12.6. The zero-order valence-corrected chi connectivity index (χ0v) is 12.6. The molecule has 2 N–H and O–H groups in total. The number of nitrogens with one attached hydrogen (secondary N) is 2. The Bertz CT molecular complexity index is 297. The van der Waals surface area contributed by atoms with Crippen molar-refractivity contribution in [3.8, 4) is 0 Å². The van der Waals surface area contributed by atoms with Crippen LogP contribution in [0.1, 0.15) is 65.2 Å². The molecule has 3 nitrogen and oxygen atoms in total. The molecule has 2 aliphatic rings. The van der Waals surface area contributed by atoms with E-state index in [9.17, 15) is 4.79 Å². The van der Waals surface area contributed by atoms with E-state index < -0.39 is 0 Å². The van der Waals surface area contributed by atoms with Gasteiger partial charge in [-0.2, -0.15) is 0 Å². The van der Waals surface area contributed by atoms with Gasteiger partial charge in [-0.05, 0) is 43.6 Å². The third kappa shape index (κ3) is 4.48. The average molecular weight is 266 g/mol. The highest BCUT2D eigenvalue weighted by Crippen LogP contribution is 2.34. The van der Waals surface area contributed by atoms with Gasteiger partial charge in [0, 0.05) is 19.0 Å². The van der Waals surface area contributed by atoms with Gasteiger partial charge in [-0.15, -0.1) is 0 Å². The highest BCUT2D eigenvalue weighted by Gasteiger charge is 2.28. The van der Waals surface area contributed by atoms with E-state index in [4.69, 9.17) is 0 Å². The fourth-order valence-corrected chi connectivity index (χ4v) is 3.55. The van der Waals surface area contributed by atoms with Crippen LogP contribution in [0.5, 0.6) is 0 Å². The van der Waals surface area contributed by atoms with Crippen LogP contribution in [0.2, 0.25) is 0 Å². The molecule has 0 aromatic carbocycles. The number of rotatable bonds is 4. The lowest BCUT2D eigenvalue weighted by Crippen LogP contribution is -2.45. The van der Waals surface area contributed by atoms with Crippen LogP contribution < -0.4 is 10.6 Å². The van der Waals surface area contributed by atoms with Gasteiger partial charge in [-0.1, -0.05) is 33.1 Å². The minimum absolute atomic E-state index is 0.234. The van der Waals surface area contributed by atoms with Crippen molar-refractivity contribution >= 4 is 5.91 Å². The Kier molecular flexibility index (Phi) is 5.26. The maximum atomic E-state index is 12.1. The monoisotopic (exact) mass is 266 g/mol. The standard InChI is InChI=1S/C16H30N2O/c1-13-7-6-10-17-14(13)11-15(19)18-12-16(2)8-4-3-5-9-16/h13-14,17H,3-12H2,1-2H3,(H,18,19). The normalized spacial score (nSPS) is 30.8. The van der Waals surface area contributed by atoms with E-state index in [0.29, 0.717) is 23.8 Å². The molecule has 110 valence electrons. The van der Waals surface area contributed by atoms with E-state index in [1.807, 2.05) is 0 Å². The molecule has 2 unspecified atom stereocenters. The molecule has 1 saturated heterocycles. The minimum atomic E-state index is 0.234. The lowest BCUT2D eigenvalue weighted by atomic mass is 9.75. The fourth-order valence-electron chi connectivity index (χ4n) is 3.55. The van der Waals surface area contributed by atoms with Crippen LogP contribution in [-0.4, -0.2) is 25.0 Å². The van der Waals surface area contributed by atoms with Gasteiger partial charge in [0.25, 0.3) is 0 Å². The zero-order chi connectivity index (χ0) is 13.7. The topological polar surface area (TPSA) is 41.1 Å². The summed E-state index contributed by atoms with van der Waals surface area (Å²) in [6, 6.07) is 0.382. The van der Waals surface area contributed by atoms with E-state index in [0.717, 1.165) is 13.1 Å². The Balaban J connectivity index is 1.71. The molecule has 19 heavy (non-hydrogen) atoms. The average Bonchev–Trinajstić information content (AvgIpc) is 2.40. The minimum Gasteiger partial charge on any atom is -0.356 e. The van der Waals surface area contributed by atoms with Crippen molar-refractivity contribution in [1.29, 1.82) is 0 Å². The number of carbonyl (C=O) groups excluding carboxylic acids is 1. The second-order valence-electron chi connectivity index (χ2n) is 7.03. The molecule has 2 fully saturated rings. The molecule has 2 rings (SSSR count). The first kappa shape index (κ1) is 14.8. The molecule has 1 saturated carbocycles. The van der Waals surface area contributed by atoms with Gasteiger partial charge < -0.3 is 10.6 Å². The molecule has 3 heteroatoms. The number of hydrogen-bond donors (Lipinski definition) is 2. The molecular formula is C16H30N2O. The van der Waals surface area contributed by atoms with Crippen LogP contribution in [0.15, 0.2) is 0 Å². The second kappa shape index (κ2) is 6.74. The van der Waals surface area contributed by atoms with Crippen molar-refractivity contribution in [3.05, 3.63) is 0 Å². The molecule has 1 aliphatic carbocycles. The first-order chi connectivity index (χ1) is 9.09. The Hall–Kier alpha value is -0.570. The Morgan fingerprint density at radius 3 is 2.68 bits per heavy atom. The van der Waals surface area contributed by atoms with Crippen molar-refractivity contribution in [2.45, 2.75) is 71.3 Å². The maximum absolute atomic E-state index is 12.1. The highest BCUT2D eigenvalue weighted by atomic mass is 16.1. The molecule has 1 amide bonds. The van der Waals surface area contributed by atoms with E-state index in [1.54, 1.807) is 0 Å². The second-order valence-corrected chi connectivity index (χ2v) is 7.03. The maximum Gasteiger partial charge on any atom is 0.221 e. The van der Waals surface area contributed by atoms with Gasteiger partial charge in [0.2, 0.25) is 5.91 Å². The fraction of sp³-hybridized carbons (Fsp3) is 0.938. The SMILES string of the molecule is CC1CCCNC1CC(=O)NCC1(C)CCCCC1. The van der Waals surface area contributed by atoms with Crippen LogP contribution >= 0.6 is 0 Å². The third-order valence-corrected chi connectivity index (χ3v) is 5.11. The predicted octanol–water partition coefficient (Wildman–Crippen LogP) is 2.85. The van der Waals surface area contributed by atoms with Crippen LogP contribution in [0.4, 0.5) is 0 Å². The summed E-state index contributed by atoms with van der Waals surface area (Å²) >= 11 is 0. The van der Waals surface area contributed by atoms with Gasteiger partial charge in [0.15, 0.2) is 0 Å². The number of amides is 1. The Morgan fingerprint density at radius 1 is 1.26 bits per heavy atom. The lowest BCUT2D eigenvalue weighted by molar-refractivity contribution is -0.122. The number of hydrogen-bond acceptors (Lipinski definition) is 2. The summed E-state index contributed by atoms with van der Waals surface area (Å²) in [4.78, 5) is 12.1. The quantitative estimate of drug-likeness (QED) is 0.821. The highest BCUT2D eigenvalue weighted by molar-refractivity contribution is 5.76. The van der Waals surface area contributed by atoms with Crippen molar-refractivity contribution in [1.82, 2.24) is 10.6 Å². The summed E-state index contributed by atoms with van der Waals surface area (Å²) < 4.78 is 0. The van der Waals surface area contributed by atoms with Crippen molar-refractivity contribution in [2.75, 3.05) is 13.1 Å². The molecule has 1 heterocycles. The summed E-state index contributed by atoms with van der Waals surface area (Å²) in [7, 11) is 0. The van der Waals surface area contributed by atoms with Crippen LogP contribution in [-0.2, 0) is 4.79 Å². The molecule has 0 bridgehead atoms. The van der Waals surface area contributed by atoms with Gasteiger partial charge >= 0.3 is 0 Å². The molecule has 2 atom stereocenters. The largest absolute Gasteiger partial charge is 0.356 e. The van der Waals surface area contributed by atoms with Crippen molar-refractivity contribution in [2.24, 2.45) is 11.3 Å². The molecule has 0 spiro atoms. The predicted molar refractivity (Wildman–Crippen MR) is 79.0 cm³/mol. The number of carbonyl (C=O) groups is 1. The summed E-state index contributed by atoms with van der Waals surface area (Å²) in [6.45, 7) is 6.52. The third-order valence-electron chi connectivity index (χ3n) is 5.11. The van der Waals surface area contributed by atoms with Gasteiger partial charge in [0.1, 0.15) is 0 Å². The smallest absolute Gasteiger partial charge is 0.221 e. The molecule has 0 radical (unpaired) electrons. The summed E-state index contributed by atoms with van der Waals surface area (Å²) in [5.41, 5.74) is 0.347.